The summed E-state index contributed by atoms with van der Waals surface area (Å²) in [5.41, 5.74) is 0. The molecule has 0 saturated carbocycles. The molecule has 0 spiro atoms. The van der Waals surface area contributed by atoms with E-state index in [9.17, 15) is 0 Å². The summed E-state index contributed by atoms with van der Waals surface area (Å²) in [5, 5.41) is 0. The zero-order valence-corrected chi connectivity index (χ0v) is 11.5. The van der Waals surface area contributed by atoms with Gasteiger partial charge in [-0.15, -0.1) is 0 Å². The second-order valence-corrected chi connectivity index (χ2v) is 4.39. The second kappa shape index (κ2) is 12.3. The van der Waals surface area contributed by atoms with Crippen molar-refractivity contribution in [2.24, 2.45) is 0 Å². The highest BCUT2D eigenvalue weighted by atomic mass is 28.4. The van der Waals surface area contributed by atoms with Crippen LogP contribution in [0.3, 0.4) is 0 Å². The van der Waals surface area contributed by atoms with Crippen molar-refractivity contribution in [1.82, 2.24) is 0 Å². The van der Waals surface area contributed by atoms with Crippen LogP contribution in [0.2, 0.25) is 0 Å². The van der Waals surface area contributed by atoms with E-state index in [0.717, 1.165) is 0 Å². The Bertz CT molecular complexity index is 95.2. The molecule has 0 aromatic rings. The summed E-state index contributed by atoms with van der Waals surface area (Å²) in [4.78, 5) is 0. The van der Waals surface area contributed by atoms with Gasteiger partial charge in [0.1, 0.15) is 0 Å². The molecule has 0 N–H and O–H groups in total. The molecule has 6 heteroatoms. The Kier molecular flexibility index (Phi) is 17.0. The van der Waals surface area contributed by atoms with Crippen molar-refractivity contribution in [1.29, 1.82) is 0 Å². The average molecular weight is 252 g/mol. The first-order valence-electron chi connectivity index (χ1n) is 4.80. The van der Waals surface area contributed by atoms with Crippen LogP contribution in [0.25, 0.3) is 0 Å². The van der Waals surface area contributed by atoms with Gasteiger partial charge in [-0.3, -0.25) is 0 Å². The molecule has 0 aromatic carbocycles. The fourth-order valence-corrected chi connectivity index (χ4v) is 2.87. The van der Waals surface area contributed by atoms with Gasteiger partial charge >= 0.3 is 9.05 Å². The van der Waals surface area contributed by atoms with Crippen LogP contribution in [0.1, 0.15) is 35.1 Å². The zero-order chi connectivity index (χ0) is 10.2. The molecule has 0 bridgehead atoms. The minimum Gasteiger partial charge on any atom is -0.351 e. The third-order valence-electron chi connectivity index (χ3n) is 1.28. The standard InChI is InChI=1S/C8H20O4Si.CH4.Si/c1-5-9-13(10-6-2,11-7-3)12-8-4;;/h5-8H2,1-4H3;1H4;. The predicted octanol–water partition coefficient (Wildman–Crippen LogP) is 1.82. The Morgan fingerprint density at radius 2 is 0.867 bits per heavy atom. The SMILES string of the molecule is C.CCO[Si](OCC)(OCC)OCC.[Si]. The van der Waals surface area contributed by atoms with Crippen LogP contribution in [-0.4, -0.2) is 46.4 Å². The maximum atomic E-state index is 5.42. The van der Waals surface area contributed by atoms with E-state index in [0.29, 0.717) is 26.4 Å². The van der Waals surface area contributed by atoms with Crippen molar-refractivity contribution >= 4 is 20.0 Å². The highest BCUT2D eigenvalue weighted by Gasteiger charge is 2.44. The van der Waals surface area contributed by atoms with Crippen molar-refractivity contribution in [3.05, 3.63) is 0 Å². The van der Waals surface area contributed by atoms with Crippen molar-refractivity contribution in [2.45, 2.75) is 35.1 Å². The number of hydrogen-bond donors (Lipinski definition) is 0. The van der Waals surface area contributed by atoms with E-state index in [1.165, 1.54) is 0 Å². The normalized spacial score (nSPS) is 10.4. The number of rotatable bonds is 8. The first-order valence-corrected chi connectivity index (χ1v) is 6.43. The van der Waals surface area contributed by atoms with E-state index in [-0.39, 0.29) is 18.4 Å². The van der Waals surface area contributed by atoms with Crippen molar-refractivity contribution in [3.63, 3.8) is 0 Å². The summed E-state index contributed by atoms with van der Waals surface area (Å²) >= 11 is 0. The fraction of sp³-hybridized carbons (Fsp3) is 1.00. The van der Waals surface area contributed by atoms with Crippen LogP contribution in [-0.2, 0) is 17.7 Å². The summed E-state index contributed by atoms with van der Waals surface area (Å²) in [6.45, 7) is 9.80. The van der Waals surface area contributed by atoms with Crippen molar-refractivity contribution in [2.75, 3.05) is 26.4 Å². The van der Waals surface area contributed by atoms with Gasteiger partial charge in [-0.1, -0.05) is 7.43 Å². The van der Waals surface area contributed by atoms with E-state index in [1.54, 1.807) is 0 Å². The van der Waals surface area contributed by atoms with Gasteiger partial charge in [0, 0.05) is 37.4 Å². The Morgan fingerprint density at radius 1 is 0.667 bits per heavy atom. The lowest BCUT2D eigenvalue weighted by Crippen LogP contribution is -2.49. The van der Waals surface area contributed by atoms with Gasteiger partial charge in [0.2, 0.25) is 0 Å². The maximum Gasteiger partial charge on any atom is 0.679 e. The molecule has 0 rings (SSSR count). The van der Waals surface area contributed by atoms with Crippen LogP contribution in [0, 0.1) is 0 Å². The molecule has 4 radical (unpaired) electrons. The summed E-state index contributed by atoms with van der Waals surface area (Å²) in [6, 6.07) is 0. The van der Waals surface area contributed by atoms with Crippen LogP contribution in [0.15, 0.2) is 0 Å². The zero-order valence-electron chi connectivity index (χ0n) is 9.46. The molecule has 0 aromatic heterocycles. The smallest absolute Gasteiger partial charge is 0.351 e. The first kappa shape index (κ1) is 20.7. The lowest BCUT2D eigenvalue weighted by atomic mass is 10.9. The highest BCUT2D eigenvalue weighted by Crippen LogP contribution is 2.11. The topological polar surface area (TPSA) is 36.9 Å². The molecule has 0 atom stereocenters. The van der Waals surface area contributed by atoms with E-state index in [2.05, 4.69) is 0 Å². The molecule has 0 fully saturated rings. The molecule has 0 saturated heterocycles. The molecular formula is C9H24O4Si2. The Labute approximate surface area is 99.8 Å². The Balaban J connectivity index is -0.000000720. The molecule has 0 aliphatic carbocycles. The van der Waals surface area contributed by atoms with E-state index in [4.69, 9.17) is 17.7 Å². The van der Waals surface area contributed by atoms with Gasteiger partial charge in [0.15, 0.2) is 0 Å². The molecule has 0 aliphatic heterocycles. The Morgan fingerprint density at radius 3 is 1.00 bits per heavy atom. The van der Waals surface area contributed by atoms with Gasteiger partial charge in [-0.25, -0.2) is 0 Å². The minimum absolute atomic E-state index is 0. The van der Waals surface area contributed by atoms with Gasteiger partial charge in [0.05, 0.1) is 0 Å². The van der Waals surface area contributed by atoms with Gasteiger partial charge in [-0.05, 0) is 27.7 Å². The second-order valence-electron chi connectivity index (χ2n) is 2.23. The fourth-order valence-electron chi connectivity index (χ4n) is 0.957. The number of hydrogen-bond acceptors (Lipinski definition) is 4. The van der Waals surface area contributed by atoms with E-state index < -0.39 is 9.05 Å². The van der Waals surface area contributed by atoms with E-state index >= 15 is 0 Å². The third-order valence-corrected chi connectivity index (χ3v) is 3.85. The summed E-state index contributed by atoms with van der Waals surface area (Å²) < 4.78 is 21.7. The van der Waals surface area contributed by atoms with Gasteiger partial charge in [-0.2, -0.15) is 0 Å². The van der Waals surface area contributed by atoms with Gasteiger partial charge in [0.25, 0.3) is 0 Å². The molecule has 0 unspecified atom stereocenters. The lowest BCUT2D eigenvalue weighted by molar-refractivity contribution is -0.0247. The minimum atomic E-state index is -2.80. The van der Waals surface area contributed by atoms with Crippen LogP contribution in [0.4, 0.5) is 0 Å². The first-order chi connectivity index (χ1) is 6.24. The summed E-state index contributed by atoms with van der Waals surface area (Å²) in [6.07, 6.45) is 0. The van der Waals surface area contributed by atoms with E-state index in [1.807, 2.05) is 27.7 Å². The molecule has 0 amide bonds. The maximum absolute atomic E-state index is 5.42. The van der Waals surface area contributed by atoms with Crippen LogP contribution >= 0.6 is 0 Å². The monoisotopic (exact) mass is 252 g/mol. The van der Waals surface area contributed by atoms with Crippen molar-refractivity contribution in [3.8, 4) is 0 Å². The van der Waals surface area contributed by atoms with Crippen molar-refractivity contribution < 1.29 is 17.7 Å². The highest BCUT2D eigenvalue weighted by molar-refractivity contribution is 6.53. The Hall–Kier alpha value is 0.274. The molecule has 0 aliphatic rings. The predicted molar refractivity (Wildman–Crippen MR) is 64.7 cm³/mol. The summed E-state index contributed by atoms with van der Waals surface area (Å²) in [5.74, 6) is 0. The molecule has 4 nitrogen and oxygen atoms in total. The lowest BCUT2D eigenvalue weighted by Gasteiger charge is -2.26. The average Bonchev–Trinajstić information content (AvgIpc) is 2.06. The summed E-state index contributed by atoms with van der Waals surface area (Å²) in [7, 11) is -2.80. The quantitative estimate of drug-likeness (QED) is 0.618. The molecule has 0 heterocycles. The molecule has 92 valence electrons. The third kappa shape index (κ3) is 8.12. The molecular weight excluding hydrogens is 228 g/mol. The molecule has 15 heavy (non-hydrogen) atoms. The largest absolute Gasteiger partial charge is 0.679 e. The van der Waals surface area contributed by atoms with Crippen LogP contribution < -0.4 is 0 Å². The van der Waals surface area contributed by atoms with Crippen LogP contribution in [0.5, 0.6) is 0 Å². The van der Waals surface area contributed by atoms with Gasteiger partial charge < -0.3 is 17.7 Å².